The number of nitrogens with one attached hydrogen (secondary N) is 1. The number of carbonyl (C=O) groups is 1. The van der Waals surface area contributed by atoms with Crippen molar-refractivity contribution in [2.45, 2.75) is 13.0 Å². The van der Waals surface area contributed by atoms with Gasteiger partial charge in [-0.05, 0) is 24.6 Å². The molecule has 6 heteroatoms. The number of hydrogen-bond acceptors (Lipinski definition) is 3. The highest BCUT2D eigenvalue weighted by atomic mass is 79.9. The standard InChI is InChI=1S/C14H19BrN2O3/c1-10-12(15)4-3-5-13(10)16-14(18)17-6-7-20-11(8-17)9-19-2/h3-5,11H,6-9H2,1-2H3,(H,16,18)/t11-/m1/s1. The monoisotopic (exact) mass is 342 g/mol. The van der Waals surface area contributed by atoms with Crippen molar-refractivity contribution in [3.63, 3.8) is 0 Å². The summed E-state index contributed by atoms with van der Waals surface area (Å²) in [5.41, 5.74) is 1.83. The van der Waals surface area contributed by atoms with Crippen LogP contribution in [0.3, 0.4) is 0 Å². The molecule has 0 aromatic heterocycles. The maximum absolute atomic E-state index is 12.3. The van der Waals surface area contributed by atoms with Crippen LogP contribution in [0.15, 0.2) is 22.7 Å². The normalized spacial score (nSPS) is 18.9. The lowest BCUT2D eigenvalue weighted by Crippen LogP contribution is -2.48. The number of anilines is 1. The molecule has 0 radical (unpaired) electrons. The average molecular weight is 343 g/mol. The molecule has 5 nitrogen and oxygen atoms in total. The SMILES string of the molecule is COC[C@H]1CN(C(=O)Nc2cccc(Br)c2C)CCO1. The number of benzene rings is 1. The number of nitrogens with zero attached hydrogens (tertiary/aromatic N) is 1. The van der Waals surface area contributed by atoms with E-state index in [0.29, 0.717) is 26.3 Å². The Hall–Kier alpha value is -1.11. The summed E-state index contributed by atoms with van der Waals surface area (Å²) in [6.45, 7) is 4.15. The van der Waals surface area contributed by atoms with Crippen LogP contribution >= 0.6 is 15.9 Å². The molecule has 20 heavy (non-hydrogen) atoms. The van der Waals surface area contributed by atoms with Crippen LogP contribution in [0.25, 0.3) is 0 Å². The second-order valence-corrected chi connectivity index (χ2v) is 5.59. The van der Waals surface area contributed by atoms with Crippen LogP contribution in [0.4, 0.5) is 10.5 Å². The Morgan fingerprint density at radius 3 is 3.15 bits per heavy atom. The van der Waals surface area contributed by atoms with Crippen molar-refractivity contribution in [3.05, 3.63) is 28.2 Å². The number of urea groups is 1. The molecule has 0 spiro atoms. The van der Waals surface area contributed by atoms with Crippen molar-refractivity contribution >= 4 is 27.6 Å². The number of rotatable bonds is 3. The van der Waals surface area contributed by atoms with E-state index in [1.165, 1.54) is 0 Å². The number of methoxy groups -OCH3 is 1. The predicted octanol–water partition coefficient (Wildman–Crippen LogP) is 2.64. The molecular weight excluding hydrogens is 324 g/mol. The number of ether oxygens (including phenoxy) is 2. The third kappa shape index (κ3) is 3.71. The van der Waals surface area contributed by atoms with Crippen molar-refractivity contribution in [1.82, 2.24) is 4.90 Å². The zero-order valence-corrected chi connectivity index (χ0v) is 13.3. The van der Waals surface area contributed by atoms with Gasteiger partial charge in [-0.3, -0.25) is 0 Å². The molecule has 1 heterocycles. The van der Waals surface area contributed by atoms with Gasteiger partial charge in [-0.15, -0.1) is 0 Å². The summed E-state index contributed by atoms with van der Waals surface area (Å²) in [5.74, 6) is 0. The van der Waals surface area contributed by atoms with Gasteiger partial charge in [-0.25, -0.2) is 4.79 Å². The van der Waals surface area contributed by atoms with Crippen LogP contribution in [-0.2, 0) is 9.47 Å². The smallest absolute Gasteiger partial charge is 0.322 e. The molecule has 1 aliphatic rings. The zero-order chi connectivity index (χ0) is 14.5. The van der Waals surface area contributed by atoms with Crippen LogP contribution in [0, 0.1) is 6.92 Å². The molecule has 1 aromatic rings. The van der Waals surface area contributed by atoms with Gasteiger partial charge in [0.25, 0.3) is 0 Å². The summed E-state index contributed by atoms with van der Waals surface area (Å²) in [6.07, 6.45) is -0.0527. The molecule has 1 saturated heterocycles. The van der Waals surface area contributed by atoms with E-state index in [2.05, 4.69) is 21.2 Å². The predicted molar refractivity (Wildman–Crippen MR) is 81.1 cm³/mol. The van der Waals surface area contributed by atoms with E-state index in [-0.39, 0.29) is 12.1 Å². The molecule has 2 rings (SSSR count). The van der Waals surface area contributed by atoms with Crippen LogP contribution < -0.4 is 5.32 Å². The quantitative estimate of drug-likeness (QED) is 0.918. The highest BCUT2D eigenvalue weighted by Gasteiger charge is 2.24. The van der Waals surface area contributed by atoms with Crippen molar-refractivity contribution in [2.75, 3.05) is 38.7 Å². The Balaban J connectivity index is 1.99. The van der Waals surface area contributed by atoms with Crippen LogP contribution in [-0.4, -0.2) is 50.4 Å². The Morgan fingerprint density at radius 1 is 1.60 bits per heavy atom. The molecule has 1 N–H and O–H groups in total. The van der Waals surface area contributed by atoms with Gasteiger partial charge >= 0.3 is 6.03 Å². The van der Waals surface area contributed by atoms with Gasteiger partial charge in [0, 0.05) is 23.8 Å². The maximum Gasteiger partial charge on any atom is 0.322 e. The van der Waals surface area contributed by atoms with Gasteiger partial charge in [0.05, 0.1) is 25.9 Å². The Labute approximate surface area is 127 Å². The highest BCUT2D eigenvalue weighted by molar-refractivity contribution is 9.10. The summed E-state index contributed by atoms with van der Waals surface area (Å²) in [6, 6.07) is 5.65. The molecule has 1 atom stereocenters. The van der Waals surface area contributed by atoms with Gasteiger partial charge in [0.15, 0.2) is 0 Å². The first kappa shape index (κ1) is 15.3. The molecule has 1 fully saturated rings. The first-order chi connectivity index (χ1) is 9.61. The molecular formula is C14H19BrN2O3. The Bertz CT molecular complexity index is 479. The zero-order valence-electron chi connectivity index (χ0n) is 11.7. The Kier molecular flexibility index (Phi) is 5.39. The first-order valence-electron chi connectivity index (χ1n) is 6.53. The number of halogens is 1. The van der Waals surface area contributed by atoms with Gasteiger partial charge < -0.3 is 19.7 Å². The summed E-state index contributed by atoms with van der Waals surface area (Å²) in [4.78, 5) is 14.0. The molecule has 1 aliphatic heterocycles. The van der Waals surface area contributed by atoms with Crippen molar-refractivity contribution in [2.24, 2.45) is 0 Å². The number of morpholine rings is 1. The van der Waals surface area contributed by atoms with Gasteiger partial charge in [0.1, 0.15) is 0 Å². The number of hydrogen-bond donors (Lipinski definition) is 1. The molecule has 0 aliphatic carbocycles. The minimum atomic E-state index is -0.101. The minimum absolute atomic E-state index is 0.0527. The lowest BCUT2D eigenvalue weighted by Gasteiger charge is -2.32. The molecule has 0 bridgehead atoms. The van der Waals surface area contributed by atoms with Gasteiger partial charge in [0.2, 0.25) is 0 Å². The number of amides is 2. The number of carbonyl (C=O) groups excluding carboxylic acids is 1. The fourth-order valence-corrected chi connectivity index (χ4v) is 2.49. The third-order valence-electron chi connectivity index (χ3n) is 3.29. The molecule has 110 valence electrons. The van der Waals surface area contributed by atoms with E-state index in [1.807, 2.05) is 25.1 Å². The van der Waals surface area contributed by atoms with Crippen LogP contribution in [0.1, 0.15) is 5.56 Å². The lowest BCUT2D eigenvalue weighted by atomic mass is 10.2. The van der Waals surface area contributed by atoms with Gasteiger partial charge in [-0.2, -0.15) is 0 Å². The van der Waals surface area contributed by atoms with Crippen molar-refractivity contribution < 1.29 is 14.3 Å². The third-order valence-corrected chi connectivity index (χ3v) is 4.15. The Morgan fingerprint density at radius 2 is 2.40 bits per heavy atom. The van der Waals surface area contributed by atoms with E-state index >= 15 is 0 Å². The highest BCUT2D eigenvalue weighted by Crippen LogP contribution is 2.23. The summed E-state index contributed by atoms with van der Waals surface area (Å²) in [7, 11) is 1.63. The van der Waals surface area contributed by atoms with E-state index < -0.39 is 0 Å². The topological polar surface area (TPSA) is 50.8 Å². The van der Waals surface area contributed by atoms with Crippen LogP contribution in [0.2, 0.25) is 0 Å². The summed E-state index contributed by atoms with van der Waals surface area (Å²) in [5, 5.41) is 2.94. The summed E-state index contributed by atoms with van der Waals surface area (Å²) >= 11 is 3.46. The second-order valence-electron chi connectivity index (χ2n) is 4.74. The van der Waals surface area contributed by atoms with E-state index in [4.69, 9.17) is 9.47 Å². The van der Waals surface area contributed by atoms with E-state index in [1.54, 1.807) is 12.0 Å². The molecule has 1 aromatic carbocycles. The fraction of sp³-hybridized carbons (Fsp3) is 0.500. The second kappa shape index (κ2) is 7.06. The van der Waals surface area contributed by atoms with E-state index in [0.717, 1.165) is 15.7 Å². The van der Waals surface area contributed by atoms with Crippen LogP contribution in [0.5, 0.6) is 0 Å². The minimum Gasteiger partial charge on any atom is -0.382 e. The van der Waals surface area contributed by atoms with Crippen molar-refractivity contribution in [1.29, 1.82) is 0 Å². The van der Waals surface area contributed by atoms with Crippen molar-refractivity contribution in [3.8, 4) is 0 Å². The summed E-state index contributed by atoms with van der Waals surface area (Å²) < 4.78 is 11.6. The molecule has 2 amide bonds. The fourth-order valence-electron chi connectivity index (χ4n) is 2.13. The molecule has 0 unspecified atom stereocenters. The molecule has 0 saturated carbocycles. The largest absolute Gasteiger partial charge is 0.382 e. The maximum atomic E-state index is 12.3. The van der Waals surface area contributed by atoms with Gasteiger partial charge in [-0.1, -0.05) is 22.0 Å². The first-order valence-corrected chi connectivity index (χ1v) is 7.32. The van der Waals surface area contributed by atoms with E-state index in [9.17, 15) is 4.79 Å². The lowest BCUT2D eigenvalue weighted by molar-refractivity contribution is -0.0481. The average Bonchev–Trinajstić information content (AvgIpc) is 2.44.